The van der Waals surface area contributed by atoms with Gasteiger partial charge in [0, 0.05) is 118 Å². The zero-order valence-electron chi connectivity index (χ0n) is 77.5. The summed E-state index contributed by atoms with van der Waals surface area (Å²) in [4.78, 5) is 270. The second kappa shape index (κ2) is 51.2. The largest absolute Gasteiger partial charge is 0.497 e. The first-order valence-corrected chi connectivity index (χ1v) is 47.2. The van der Waals surface area contributed by atoms with Crippen LogP contribution in [-0.4, -0.2) is 320 Å². The van der Waals surface area contributed by atoms with Gasteiger partial charge in [0.1, 0.15) is 90.8 Å². The number of hydrogen-bond donors (Lipinski definition) is 19. The summed E-state index contributed by atoms with van der Waals surface area (Å²) in [6.07, 6.45) is 0.381. The number of aliphatic hydroxyl groups excluding tert-OH is 1. The van der Waals surface area contributed by atoms with Gasteiger partial charge in [-0.15, -0.1) is 11.8 Å². The normalized spacial score (nSPS) is 24.9. The number of carboxylic acids is 2. The highest BCUT2D eigenvalue weighted by Gasteiger charge is 2.48. The minimum atomic E-state index is -1.78. The summed E-state index contributed by atoms with van der Waals surface area (Å²) >= 11 is 0.939. The fourth-order valence-corrected chi connectivity index (χ4v) is 18.4. The molecule has 0 saturated carbocycles. The van der Waals surface area contributed by atoms with E-state index in [0.29, 0.717) is 70.6 Å². The molecule has 16 amide bonds. The number of aliphatic hydroxyl groups is 1. The van der Waals surface area contributed by atoms with Crippen molar-refractivity contribution >= 4 is 146 Å². The fourth-order valence-electron chi connectivity index (χ4n) is 17.6. The molecule has 0 spiro atoms. The number of thioether (sulfide) groups is 1. The Morgan fingerprint density at radius 3 is 1.84 bits per heavy atom. The number of unbranched alkanes of at least 4 members (excludes halogenated alkanes) is 3. The zero-order chi connectivity index (χ0) is 99.3. The minimum Gasteiger partial charge on any atom is -0.497 e. The van der Waals surface area contributed by atoms with E-state index in [2.05, 4.69) is 58.2 Å². The van der Waals surface area contributed by atoms with Gasteiger partial charge in [-0.3, -0.25) is 91.2 Å². The third kappa shape index (κ3) is 28.6. The lowest BCUT2D eigenvalue weighted by atomic mass is 9.95. The molecule has 0 aliphatic carbocycles. The fraction of sp³-hybridized carbons (Fsp3) is 0.560. The highest BCUT2D eigenvalue weighted by molar-refractivity contribution is 8.00. The molecule has 9 rings (SSSR count). The second-order valence-corrected chi connectivity index (χ2v) is 35.8. The maximum Gasteiger partial charge on any atom is 0.323 e. The molecule has 136 heavy (non-hydrogen) atoms. The summed E-state index contributed by atoms with van der Waals surface area (Å²) in [5.74, 6) is -17.6. The first-order valence-electron chi connectivity index (χ1n) is 46.0. The van der Waals surface area contributed by atoms with Crippen molar-refractivity contribution in [3.8, 4) is 5.75 Å². The number of hydrogen-bond acceptors (Lipinski definition) is 25. The van der Waals surface area contributed by atoms with Crippen LogP contribution >= 0.6 is 11.8 Å². The smallest absolute Gasteiger partial charge is 0.323 e. The number of nitrogens with zero attached hydrogens (tertiary/aromatic N) is 6. The van der Waals surface area contributed by atoms with Crippen molar-refractivity contribution in [3.63, 3.8) is 0 Å². The number of carboxylic acid groups (broad SMARTS) is 2. The van der Waals surface area contributed by atoms with E-state index in [9.17, 15) is 68.1 Å². The summed E-state index contributed by atoms with van der Waals surface area (Å²) in [7, 11) is 4.01. The van der Waals surface area contributed by atoms with Crippen LogP contribution in [0.5, 0.6) is 5.75 Å². The molecule has 5 aromatic rings. The van der Waals surface area contributed by atoms with Crippen molar-refractivity contribution in [1.29, 1.82) is 0 Å². The molecule has 3 saturated heterocycles. The Balaban J connectivity index is 1.11. The predicted octanol–water partition coefficient (Wildman–Crippen LogP) is -3.28. The Morgan fingerprint density at radius 2 is 1.16 bits per heavy atom. The Bertz CT molecular complexity index is 5150. The van der Waals surface area contributed by atoms with Gasteiger partial charge in [-0.1, -0.05) is 82.0 Å². The average Bonchev–Trinajstić information content (AvgIpc) is 1.58. The predicted molar refractivity (Wildman–Crippen MR) is 500 cm³/mol. The molecule has 4 aliphatic heterocycles. The van der Waals surface area contributed by atoms with Crippen LogP contribution in [0.15, 0.2) is 79.1 Å². The van der Waals surface area contributed by atoms with E-state index in [1.165, 1.54) is 45.0 Å². The van der Waals surface area contributed by atoms with Crippen LogP contribution in [0.1, 0.15) is 147 Å². The van der Waals surface area contributed by atoms with E-state index in [4.69, 9.17) is 33.4 Å². The maximum atomic E-state index is 16.0. The molecule has 15 atom stereocenters. The highest BCUT2D eigenvalue weighted by Crippen LogP contribution is 2.35. The van der Waals surface area contributed by atoms with Gasteiger partial charge in [0.2, 0.25) is 88.6 Å². The zero-order valence-corrected chi connectivity index (χ0v) is 78.3. The number of aromatic nitrogens is 2. The van der Waals surface area contributed by atoms with Gasteiger partial charge in [-0.05, 0) is 119 Å². The number of nitrogens with one attached hydrogen (secondary N) is 11. The number of para-hydroxylation sites is 2. The van der Waals surface area contributed by atoms with Crippen LogP contribution in [0.2, 0.25) is 0 Å². The molecular formula is C91H130N22O22S. The van der Waals surface area contributed by atoms with Gasteiger partial charge in [-0.25, -0.2) is 0 Å². The summed E-state index contributed by atoms with van der Waals surface area (Å²) in [6.45, 7) is 2.71. The van der Waals surface area contributed by atoms with Gasteiger partial charge in [0.25, 0.3) is 5.91 Å². The summed E-state index contributed by atoms with van der Waals surface area (Å²) in [5.41, 5.74) is 32.0. The third-order valence-electron chi connectivity index (χ3n) is 24.8. The number of amides is 16. The van der Waals surface area contributed by atoms with Gasteiger partial charge in [-0.2, -0.15) is 0 Å². The van der Waals surface area contributed by atoms with E-state index in [-0.39, 0.29) is 114 Å². The van der Waals surface area contributed by atoms with Gasteiger partial charge < -0.3 is 131 Å². The molecule has 3 aromatic carbocycles. The lowest BCUT2D eigenvalue weighted by molar-refractivity contribution is -0.149. The van der Waals surface area contributed by atoms with Crippen molar-refractivity contribution in [3.05, 3.63) is 95.8 Å². The van der Waals surface area contributed by atoms with Gasteiger partial charge in [0.05, 0.1) is 43.7 Å². The van der Waals surface area contributed by atoms with E-state index in [0.717, 1.165) is 36.3 Å². The van der Waals surface area contributed by atoms with Crippen molar-refractivity contribution in [2.24, 2.45) is 28.7 Å². The second-order valence-electron chi connectivity index (χ2n) is 34.8. The number of anilines is 1. The Morgan fingerprint density at radius 1 is 0.566 bits per heavy atom. The summed E-state index contributed by atoms with van der Waals surface area (Å²) in [5, 5.41) is 60.0. The Hall–Kier alpha value is -12.9. The van der Waals surface area contributed by atoms with E-state index >= 15 is 33.6 Å². The molecule has 742 valence electrons. The maximum absolute atomic E-state index is 16.0. The molecule has 44 nitrogen and oxygen atoms in total. The number of aromatic amines is 1. The number of carbonyl (C=O) groups is 18. The van der Waals surface area contributed by atoms with Crippen molar-refractivity contribution in [2.45, 2.75) is 246 Å². The molecule has 0 radical (unpaired) electrons. The molecule has 3 fully saturated rings. The lowest BCUT2D eigenvalue weighted by Gasteiger charge is -2.38. The van der Waals surface area contributed by atoms with Crippen molar-refractivity contribution in [2.75, 3.05) is 83.4 Å². The van der Waals surface area contributed by atoms with Crippen LogP contribution in [0.3, 0.4) is 0 Å². The quantitative estimate of drug-likeness (QED) is 0.0200. The number of benzene rings is 3. The number of nitrogens with two attached hydrogens (primary N) is 5. The van der Waals surface area contributed by atoms with Crippen molar-refractivity contribution < 1.29 is 106 Å². The highest BCUT2D eigenvalue weighted by atomic mass is 32.2. The van der Waals surface area contributed by atoms with Gasteiger partial charge in [0.15, 0.2) is 0 Å². The van der Waals surface area contributed by atoms with Crippen molar-refractivity contribution in [1.82, 2.24) is 82.3 Å². The molecular weight excluding hydrogens is 1790 g/mol. The Labute approximate surface area is 790 Å². The third-order valence-corrected chi connectivity index (χ3v) is 25.9. The Kier molecular flexibility index (Phi) is 40.2. The van der Waals surface area contributed by atoms with Crippen LogP contribution in [0.25, 0.3) is 21.8 Å². The number of carbonyl (C=O) groups excluding carboxylic acids is 16. The molecule has 0 unspecified atom stereocenters. The molecule has 24 N–H and O–H groups in total. The van der Waals surface area contributed by atoms with Crippen LogP contribution < -0.4 is 91.5 Å². The SMILES string of the molecule is CCCC[C@H]1C(=O)N(C)[C@@H](CCCC)C(=O)N[C@@H](CCC(=O)O)C(=O)N[C@H](CNCC(N)=O)CSCC(=O)N[C@H]2Cc3ccc(OC)cc3N(C2=O)[C@@H](C)C(=O)N[C@@H](CC(N)=O)C(=O)N2CCC[C@H]2C(=O)N[C@@H](CN)C(=O)N[C@@H](CCCCN)C(=O)N2C[C@H](O)C[C@H]2C(=O)N[C@@H](Cc2c[nH]c3ccccc23)C(=O)N[C@@H](CCCN)C(=O)N[C@@H](Cc2cn(CC(=O)O)c3ccccc23)C(=O)N1C. The number of H-pyrrole nitrogens is 1. The summed E-state index contributed by atoms with van der Waals surface area (Å²) < 4.78 is 6.94. The number of aliphatic carboxylic acids is 2. The number of rotatable bonds is 30. The number of likely N-dealkylation sites (N-methyl/N-ethyl adjacent to an activating group) is 2. The number of methoxy groups -OCH3 is 1. The van der Waals surface area contributed by atoms with Crippen LogP contribution in [0.4, 0.5) is 5.69 Å². The number of primary amides is 2. The molecule has 2 aromatic heterocycles. The first kappa shape index (κ1) is 107. The van der Waals surface area contributed by atoms with E-state index in [1.807, 2.05) is 13.8 Å². The average molecular weight is 1920 g/mol. The molecule has 4 aliphatic rings. The minimum absolute atomic E-state index is 0.0220. The van der Waals surface area contributed by atoms with E-state index < -0.39 is 255 Å². The van der Waals surface area contributed by atoms with E-state index in [1.54, 1.807) is 66.9 Å². The lowest BCUT2D eigenvalue weighted by Crippen LogP contribution is -2.62. The van der Waals surface area contributed by atoms with Gasteiger partial charge >= 0.3 is 11.9 Å². The monoisotopic (exact) mass is 1910 g/mol. The topological polar surface area (TPSA) is 664 Å². The molecule has 2 bridgehead atoms. The van der Waals surface area contributed by atoms with Crippen LogP contribution in [0, 0.1) is 0 Å². The standard InChI is InChI=1S/C91H130N22O22S/c1-7-9-24-69-84(127)102-61(30-31-77(118)119)80(123)99-54(43-97-44-75(96)116)48-136-49-76(117)100-65-35-51-28-29-56(135-6)39-72(51)113(90(65)133)50(3)79(122)105-66(40-74(95)115)89(132)111-34-18-27-70(111)85(128)107-67(41-94)83(126)103-62(22-15-16-32-92)88(131)112-46-55(114)38-73(112)86(129)104-63(36-52-42-98-59-21-13-11-19-57(52)59)82(125)101-60(23-17-33-93)81(124)106-64(87(130)109(5)71(25-10-8-2)91(134)108(69)4)37-53-45-110(47-78(120)121)68-26-14-12-20-58(53)68/h11-14,19-21,26,28-29,39,42,45,50,54-55,60-67,69-71,73,97-98,114H,7-10,15-18,22-25,27,30-38,40-41,43-44,46-49,92-94H2,1-6H3,(H2,95,115)(H2,96,116)(H,99,123)(H,100,117)(H,101,125)(H,102,127)(H,103,126)(H,104,129)(H,105,122)(H,106,124)(H,107,128)(H,118,119)(H,120,121)/t50-,54+,55+,60-,61-,62-,63-,64-,65-,66-,67-,69-,70-,71-,73-/m0/s1. The van der Waals surface area contributed by atoms with Crippen LogP contribution in [-0.2, 0) is 112 Å². The number of fused-ring (bicyclic) bond motifs is 8. The number of ether oxygens (including phenoxy) is 1. The molecule has 45 heteroatoms. The first-order chi connectivity index (χ1) is 64.9. The molecule has 6 heterocycles. The summed E-state index contributed by atoms with van der Waals surface area (Å²) in [6, 6.07) is -2.84.